The highest BCUT2D eigenvalue weighted by molar-refractivity contribution is 5.39. The normalized spacial score (nSPS) is 8.44. The van der Waals surface area contributed by atoms with Gasteiger partial charge >= 0.3 is 0 Å². The molecule has 0 saturated carbocycles. The Bertz CT molecular complexity index is 712. The second-order valence-electron chi connectivity index (χ2n) is 5.78. The van der Waals surface area contributed by atoms with Gasteiger partial charge < -0.3 is 26.6 Å². The van der Waals surface area contributed by atoms with E-state index in [0.29, 0.717) is 23.4 Å². The maximum Gasteiger partial charge on any atom is 0.229 e. The molecule has 8 heteroatoms. The molecule has 8 nitrogen and oxygen atoms in total. The molecule has 0 radical (unpaired) electrons. The number of nitrogens with one attached hydrogen (secondary N) is 2. The lowest BCUT2D eigenvalue weighted by atomic mass is 10.3. The minimum Gasteiger partial charge on any atom is -0.508 e. The zero-order valence-electron chi connectivity index (χ0n) is 20.2. The molecule has 0 atom stereocenters. The highest BCUT2D eigenvalue weighted by Gasteiger charge is 2.01. The molecule has 0 spiro atoms. The first-order chi connectivity index (χ1) is 15.5. The van der Waals surface area contributed by atoms with Crippen LogP contribution in [0.25, 0.3) is 0 Å². The molecule has 0 aliphatic carbocycles. The molecule has 0 aliphatic rings. The number of nitrogen functional groups attached to an aromatic ring is 1. The van der Waals surface area contributed by atoms with Crippen molar-refractivity contribution < 1.29 is 10.2 Å². The molecule has 3 rings (SSSR count). The molecule has 0 aliphatic heterocycles. The molecule has 178 valence electrons. The van der Waals surface area contributed by atoms with Gasteiger partial charge in [-0.15, -0.1) is 0 Å². The van der Waals surface area contributed by atoms with Gasteiger partial charge in [0.15, 0.2) is 0 Å². The molecule has 0 amide bonds. The van der Waals surface area contributed by atoms with Gasteiger partial charge in [0, 0.05) is 13.1 Å². The Kier molecular flexibility index (Phi) is 21.2. The van der Waals surface area contributed by atoms with Crippen molar-refractivity contribution in [2.24, 2.45) is 0 Å². The fourth-order valence-corrected chi connectivity index (χ4v) is 1.72. The van der Waals surface area contributed by atoms with Crippen molar-refractivity contribution in [1.29, 1.82) is 0 Å². The van der Waals surface area contributed by atoms with Crippen LogP contribution in [0.5, 0.6) is 11.5 Å². The lowest BCUT2D eigenvalue weighted by molar-refractivity contribution is 0.475. The van der Waals surface area contributed by atoms with Crippen LogP contribution in [0.15, 0.2) is 60.7 Å². The second-order valence-corrected chi connectivity index (χ2v) is 5.78. The van der Waals surface area contributed by atoms with Crippen molar-refractivity contribution in [2.75, 3.05) is 29.5 Å². The molecule has 0 fully saturated rings. The van der Waals surface area contributed by atoms with E-state index in [1.165, 1.54) is 6.42 Å². The van der Waals surface area contributed by atoms with E-state index in [2.05, 4.69) is 39.4 Å². The molecule has 0 bridgehead atoms. The third-order valence-electron chi connectivity index (χ3n) is 2.83. The first kappa shape index (κ1) is 30.6. The molecule has 1 aromatic heterocycles. The van der Waals surface area contributed by atoms with Crippen molar-refractivity contribution in [3.63, 3.8) is 0 Å². The zero-order valence-corrected chi connectivity index (χ0v) is 20.2. The monoisotopic (exact) mass is 444 g/mol. The van der Waals surface area contributed by atoms with E-state index in [9.17, 15) is 0 Å². The van der Waals surface area contributed by atoms with Crippen molar-refractivity contribution in [3.8, 4) is 11.5 Å². The number of para-hydroxylation sites is 2. The Balaban J connectivity index is 0. The van der Waals surface area contributed by atoms with E-state index < -0.39 is 0 Å². The van der Waals surface area contributed by atoms with Gasteiger partial charge in [0.1, 0.15) is 11.5 Å². The number of phenols is 2. The molecular weight excluding hydrogens is 404 g/mol. The predicted molar refractivity (Wildman–Crippen MR) is 136 cm³/mol. The molecule has 0 saturated heterocycles. The van der Waals surface area contributed by atoms with E-state index in [-0.39, 0.29) is 5.95 Å². The number of nitrogens with two attached hydrogens (primary N) is 1. The van der Waals surface area contributed by atoms with Gasteiger partial charge in [-0.3, -0.25) is 0 Å². The lowest BCUT2D eigenvalue weighted by Crippen LogP contribution is -2.10. The summed E-state index contributed by atoms with van der Waals surface area (Å²) >= 11 is 0. The smallest absolute Gasteiger partial charge is 0.229 e. The van der Waals surface area contributed by atoms with E-state index >= 15 is 0 Å². The molecule has 1 heterocycles. The van der Waals surface area contributed by atoms with E-state index in [0.717, 1.165) is 13.1 Å². The molecule has 0 unspecified atom stereocenters. The van der Waals surface area contributed by atoms with E-state index in [4.69, 9.17) is 15.9 Å². The summed E-state index contributed by atoms with van der Waals surface area (Å²) in [5.41, 5.74) is 5.48. The van der Waals surface area contributed by atoms with Crippen LogP contribution in [0.1, 0.15) is 48.0 Å². The highest BCUT2D eigenvalue weighted by Crippen LogP contribution is 2.05. The standard InChI is InChI=1S/C7H14N6.2C6H6O.C3H8.C2H6/c1-3-9-6-11-5(8)12-7(13-6)10-4-2;2*7-6-4-2-1-3-5-6;1-3-2;1-2/h3-4H2,1-2H3,(H4,8,9,10,11,12,13);2*1-5,7H;3H2,1-2H3;1-2H3. The maximum atomic E-state index is 8.63. The largest absolute Gasteiger partial charge is 0.508 e. The third kappa shape index (κ3) is 18.5. The van der Waals surface area contributed by atoms with E-state index in [1.807, 2.05) is 39.8 Å². The predicted octanol–water partition coefficient (Wildman–Crippen LogP) is 5.54. The van der Waals surface area contributed by atoms with Gasteiger partial charge in [-0.25, -0.2) is 0 Å². The molecule has 2 aromatic carbocycles. The first-order valence-corrected chi connectivity index (χ1v) is 10.9. The summed E-state index contributed by atoms with van der Waals surface area (Å²) in [5.74, 6) is 1.88. The van der Waals surface area contributed by atoms with Crippen molar-refractivity contribution >= 4 is 17.8 Å². The number of rotatable bonds is 4. The molecule has 6 N–H and O–H groups in total. The topological polar surface area (TPSA) is 129 Å². The van der Waals surface area contributed by atoms with Crippen LogP contribution in [0.2, 0.25) is 0 Å². The molecule has 3 aromatic rings. The van der Waals surface area contributed by atoms with Crippen LogP contribution >= 0.6 is 0 Å². The second kappa shape index (κ2) is 22.1. The number of aromatic nitrogens is 3. The van der Waals surface area contributed by atoms with Gasteiger partial charge in [0.25, 0.3) is 0 Å². The summed E-state index contributed by atoms with van der Waals surface area (Å²) < 4.78 is 0. The van der Waals surface area contributed by atoms with Gasteiger partial charge in [0.2, 0.25) is 17.8 Å². The van der Waals surface area contributed by atoms with Crippen LogP contribution in [0, 0.1) is 0 Å². The quantitative estimate of drug-likeness (QED) is 0.354. The SMILES string of the molecule is CC.CCC.CCNc1nc(N)nc(NCC)n1.Oc1ccccc1.Oc1ccccc1. The van der Waals surface area contributed by atoms with Crippen LogP contribution in [-0.4, -0.2) is 38.3 Å². The van der Waals surface area contributed by atoms with Crippen molar-refractivity contribution in [1.82, 2.24) is 15.0 Å². The Morgan fingerprint density at radius 1 is 0.656 bits per heavy atom. The van der Waals surface area contributed by atoms with Gasteiger partial charge in [-0.1, -0.05) is 70.5 Å². The third-order valence-corrected chi connectivity index (χ3v) is 2.83. The van der Waals surface area contributed by atoms with Crippen molar-refractivity contribution in [2.45, 2.75) is 48.0 Å². The number of aromatic hydroxyl groups is 2. The summed E-state index contributed by atoms with van der Waals surface area (Å²) in [4.78, 5) is 11.9. The van der Waals surface area contributed by atoms with Crippen LogP contribution in [0.3, 0.4) is 0 Å². The Morgan fingerprint density at radius 3 is 1.19 bits per heavy atom. The minimum atomic E-state index is 0.224. The van der Waals surface area contributed by atoms with Gasteiger partial charge in [-0.2, -0.15) is 15.0 Å². The zero-order chi connectivity index (χ0) is 24.6. The van der Waals surface area contributed by atoms with Crippen LogP contribution in [-0.2, 0) is 0 Å². The average Bonchev–Trinajstić information content (AvgIpc) is 2.78. The molecular formula is C24H40N6O2. The summed E-state index contributed by atoms with van der Waals surface area (Å²) in [6, 6.07) is 17.4. The summed E-state index contributed by atoms with van der Waals surface area (Å²) in [5, 5.41) is 23.2. The number of phenolic OH excluding ortho intramolecular Hbond substituents is 2. The average molecular weight is 445 g/mol. The number of hydrogen-bond donors (Lipinski definition) is 5. The number of hydrogen-bond acceptors (Lipinski definition) is 8. The summed E-state index contributed by atoms with van der Waals surface area (Å²) in [6.45, 7) is 13.7. The lowest BCUT2D eigenvalue weighted by Gasteiger charge is -2.05. The van der Waals surface area contributed by atoms with Crippen LogP contribution in [0.4, 0.5) is 17.8 Å². The number of anilines is 3. The maximum absolute atomic E-state index is 8.63. The Labute approximate surface area is 193 Å². The highest BCUT2D eigenvalue weighted by atomic mass is 16.3. The van der Waals surface area contributed by atoms with Crippen LogP contribution < -0.4 is 16.4 Å². The Hall–Kier alpha value is -3.55. The first-order valence-electron chi connectivity index (χ1n) is 10.9. The van der Waals surface area contributed by atoms with E-state index in [1.54, 1.807) is 48.5 Å². The summed E-state index contributed by atoms with van der Waals surface area (Å²) in [7, 11) is 0. The number of nitrogens with zero attached hydrogens (tertiary/aromatic N) is 3. The Morgan fingerprint density at radius 2 is 0.969 bits per heavy atom. The number of benzene rings is 2. The van der Waals surface area contributed by atoms with Gasteiger partial charge in [0.05, 0.1) is 0 Å². The molecule has 32 heavy (non-hydrogen) atoms. The fourth-order valence-electron chi connectivity index (χ4n) is 1.72. The van der Waals surface area contributed by atoms with Crippen molar-refractivity contribution in [3.05, 3.63) is 60.7 Å². The minimum absolute atomic E-state index is 0.224. The van der Waals surface area contributed by atoms with Gasteiger partial charge in [-0.05, 0) is 38.1 Å². The fraction of sp³-hybridized carbons (Fsp3) is 0.375. The summed E-state index contributed by atoms with van der Waals surface area (Å²) in [6.07, 6.45) is 1.25.